The van der Waals surface area contributed by atoms with E-state index in [1.807, 2.05) is 24.3 Å². The van der Waals surface area contributed by atoms with Crippen molar-refractivity contribution in [3.05, 3.63) is 62.5 Å². The minimum atomic E-state index is -0.981. The molecule has 0 N–H and O–H groups in total. The maximum Gasteiger partial charge on any atom is 0.200 e. The third kappa shape index (κ3) is 3.09. The molecule has 0 aliphatic rings. The predicted molar refractivity (Wildman–Crippen MR) is 72.5 cm³/mol. The Kier molecular flexibility index (Phi) is 4.35. The van der Waals surface area contributed by atoms with Gasteiger partial charge in [0.2, 0.25) is 5.82 Å². The lowest BCUT2D eigenvalue weighted by molar-refractivity contribution is 0.283. The van der Waals surface area contributed by atoms with Gasteiger partial charge in [0.15, 0.2) is 11.6 Å². The second-order valence-corrected chi connectivity index (χ2v) is 5.35. The summed E-state index contributed by atoms with van der Waals surface area (Å²) in [6.07, 6.45) is 0. The van der Waals surface area contributed by atoms with Crippen molar-refractivity contribution in [2.45, 2.75) is 6.61 Å². The number of halogens is 4. The van der Waals surface area contributed by atoms with Crippen molar-refractivity contribution in [3.63, 3.8) is 0 Å². The van der Waals surface area contributed by atoms with E-state index in [-0.39, 0.29) is 12.4 Å². The first-order valence-electron chi connectivity index (χ1n) is 5.08. The van der Waals surface area contributed by atoms with Crippen LogP contribution in [-0.2, 0) is 6.61 Å². The summed E-state index contributed by atoms with van der Waals surface area (Å²) in [6.45, 7) is 0.161. The fourth-order valence-corrected chi connectivity index (χ4v) is 2.22. The first-order valence-corrected chi connectivity index (χ1v) is 6.67. The zero-order valence-electron chi connectivity index (χ0n) is 9.09. The Morgan fingerprint density at radius 1 is 1.06 bits per heavy atom. The maximum absolute atomic E-state index is 13.5. The van der Waals surface area contributed by atoms with Crippen LogP contribution in [0.15, 0.2) is 45.3 Å². The lowest BCUT2D eigenvalue weighted by atomic mass is 10.2. The largest absolute Gasteiger partial charge is 0.486 e. The Balaban J connectivity index is 2.18. The van der Waals surface area contributed by atoms with E-state index < -0.39 is 11.6 Å². The molecule has 0 aliphatic carbocycles. The van der Waals surface area contributed by atoms with Gasteiger partial charge in [-0.1, -0.05) is 50.1 Å². The molecule has 2 aromatic rings. The summed E-state index contributed by atoms with van der Waals surface area (Å²) >= 11 is 6.45. The van der Waals surface area contributed by atoms with Crippen LogP contribution in [0.4, 0.5) is 8.78 Å². The van der Waals surface area contributed by atoms with E-state index in [0.29, 0.717) is 4.47 Å². The Morgan fingerprint density at radius 2 is 1.78 bits per heavy atom. The molecular weight excluding hydrogens is 370 g/mol. The van der Waals surface area contributed by atoms with E-state index in [2.05, 4.69) is 31.9 Å². The number of ether oxygens (including phenoxy) is 1. The quantitative estimate of drug-likeness (QED) is 0.678. The molecule has 0 aromatic heterocycles. The zero-order chi connectivity index (χ0) is 13.1. The van der Waals surface area contributed by atoms with Crippen molar-refractivity contribution in [3.8, 4) is 5.75 Å². The summed E-state index contributed by atoms with van der Waals surface area (Å²) in [5.74, 6) is -2.03. The smallest absolute Gasteiger partial charge is 0.200 e. The fourth-order valence-electron chi connectivity index (χ4n) is 1.41. The van der Waals surface area contributed by atoms with Crippen LogP contribution in [-0.4, -0.2) is 0 Å². The van der Waals surface area contributed by atoms with Crippen LogP contribution in [0.3, 0.4) is 0 Å². The minimum Gasteiger partial charge on any atom is -0.486 e. The van der Waals surface area contributed by atoms with Gasteiger partial charge in [-0.2, -0.15) is 4.39 Å². The van der Waals surface area contributed by atoms with Gasteiger partial charge in [0.1, 0.15) is 6.61 Å². The van der Waals surface area contributed by atoms with Gasteiger partial charge in [0, 0.05) is 14.5 Å². The van der Waals surface area contributed by atoms with Crippen LogP contribution < -0.4 is 4.74 Å². The Morgan fingerprint density at radius 3 is 2.50 bits per heavy atom. The average Bonchev–Trinajstić information content (AvgIpc) is 2.33. The van der Waals surface area contributed by atoms with E-state index in [1.54, 1.807) is 0 Å². The number of benzene rings is 2. The Hall–Kier alpha value is -0.940. The average molecular weight is 378 g/mol. The molecule has 1 nitrogen and oxygen atoms in total. The molecule has 0 saturated heterocycles. The zero-order valence-corrected chi connectivity index (χ0v) is 12.3. The summed E-state index contributed by atoms with van der Waals surface area (Å²) in [6, 6.07) is 9.87. The first kappa shape index (κ1) is 13.5. The number of rotatable bonds is 3. The molecule has 0 heterocycles. The van der Waals surface area contributed by atoms with Gasteiger partial charge in [-0.05, 0) is 18.2 Å². The molecule has 0 aliphatic heterocycles. The molecule has 2 rings (SSSR count). The van der Waals surface area contributed by atoms with E-state index in [4.69, 9.17) is 4.74 Å². The summed E-state index contributed by atoms with van der Waals surface area (Å²) in [4.78, 5) is 0. The molecule has 2 aromatic carbocycles. The van der Waals surface area contributed by atoms with Gasteiger partial charge in [-0.3, -0.25) is 0 Å². The van der Waals surface area contributed by atoms with Crippen LogP contribution in [0.2, 0.25) is 0 Å². The summed E-state index contributed by atoms with van der Waals surface area (Å²) < 4.78 is 33.2. The van der Waals surface area contributed by atoms with Crippen LogP contribution in [0.1, 0.15) is 5.56 Å². The van der Waals surface area contributed by atoms with Crippen LogP contribution in [0, 0.1) is 11.6 Å². The van der Waals surface area contributed by atoms with E-state index in [0.717, 1.165) is 16.1 Å². The van der Waals surface area contributed by atoms with Crippen molar-refractivity contribution in [1.29, 1.82) is 0 Å². The van der Waals surface area contributed by atoms with Gasteiger partial charge in [0.05, 0.1) is 0 Å². The number of hydrogen-bond acceptors (Lipinski definition) is 1. The molecule has 0 radical (unpaired) electrons. The molecule has 0 bridgehead atoms. The molecule has 18 heavy (non-hydrogen) atoms. The number of hydrogen-bond donors (Lipinski definition) is 0. The Bertz CT molecular complexity index is 573. The topological polar surface area (TPSA) is 9.23 Å². The highest BCUT2D eigenvalue weighted by atomic mass is 79.9. The van der Waals surface area contributed by atoms with E-state index in [1.165, 1.54) is 6.07 Å². The molecule has 5 heteroatoms. The summed E-state index contributed by atoms with van der Waals surface area (Å²) in [5, 5.41) is 0. The molecule has 0 atom stereocenters. The van der Waals surface area contributed by atoms with Crippen LogP contribution >= 0.6 is 31.9 Å². The molecular formula is C13H8Br2F2O. The SMILES string of the molecule is Fc1cc(Br)cc(OCc2ccccc2Br)c1F. The van der Waals surface area contributed by atoms with Gasteiger partial charge < -0.3 is 4.74 Å². The van der Waals surface area contributed by atoms with Crippen LogP contribution in [0.25, 0.3) is 0 Å². The predicted octanol–water partition coefficient (Wildman–Crippen LogP) is 5.07. The maximum atomic E-state index is 13.5. The third-order valence-electron chi connectivity index (χ3n) is 2.30. The van der Waals surface area contributed by atoms with Crippen molar-refractivity contribution in [2.75, 3.05) is 0 Å². The van der Waals surface area contributed by atoms with Gasteiger partial charge in [-0.15, -0.1) is 0 Å². The van der Waals surface area contributed by atoms with Crippen molar-refractivity contribution in [1.82, 2.24) is 0 Å². The van der Waals surface area contributed by atoms with Crippen LogP contribution in [0.5, 0.6) is 5.75 Å². The molecule has 0 spiro atoms. The molecule has 0 unspecified atom stereocenters. The van der Waals surface area contributed by atoms with E-state index in [9.17, 15) is 8.78 Å². The molecule has 0 amide bonds. The summed E-state index contributed by atoms with van der Waals surface area (Å²) in [7, 11) is 0. The second kappa shape index (κ2) is 5.80. The van der Waals surface area contributed by atoms with Gasteiger partial charge >= 0.3 is 0 Å². The molecule has 0 saturated carbocycles. The molecule has 94 valence electrons. The summed E-state index contributed by atoms with van der Waals surface area (Å²) in [5.41, 5.74) is 0.859. The van der Waals surface area contributed by atoms with Crippen molar-refractivity contribution in [2.24, 2.45) is 0 Å². The monoisotopic (exact) mass is 376 g/mol. The fraction of sp³-hybridized carbons (Fsp3) is 0.0769. The standard InChI is InChI=1S/C13H8Br2F2O/c14-9-5-11(16)13(17)12(6-9)18-7-8-3-1-2-4-10(8)15/h1-6H,7H2. The lowest BCUT2D eigenvalue weighted by Gasteiger charge is -2.09. The van der Waals surface area contributed by atoms with Crippen molar-refractivity contribution >= 4 is 31.9 Å². The second-order valence-electron chi connectivity index (χ2n) is 3.58. The minimum absolute atomic E-state index is 0.113. The highest BCUT2D eigenvalue weighted by molar-refractivity contribution is 9.10. The first-order chi connectivity index (χ1) is 8.58. The lowest BCUT2D eigenvalue weighted by Crippen LogP contribution is -1.99. The normalized spacial score (nSPS) is 10.4. The third-order valence-corrected chi connectivity index (χ3v) is 3.53. The molecule has 0 fully saturated rings. The Labute approximate surface area is 120 Å². The highest BCUT2D eigenvalue weighted by Gasteiger charge is 2.11. The van der Waals surface area contributed by atoms with E-state index >= 15 is 0 Å². The van der Waals surface area contributed by atoms with Gasteiger partial charge in [-0.25, -0.2) is 4.39 Å². The van der Waals surface area contributed by atoms with Gasteiger partial charge in [0.25, 0.3) is 0 Å². The van der Waals surface area contributed by atoms with Crippen molar-refractivity contribution < 1.29 is 13.5 Å². The highest BCUT2D eigenvalue weighted by Crippen LogP contribution is 2.27.